The van der Waals surface area contributed by atoms with Gasteiger partial charge in [-0.2, -0.15) is 0 Å². The average molecular weight is 754 g/mol. The summed E-state index contributed by atoms with van der Waals surface area (Å²) in [4.78, 5) is 22.2. The zero-order valence-corrected chi connectivity index (χ0v) is 36.4. The Morgan fingerprint density at radius 2 is 0.596 bits per heavy atom. The van der Waals surface area contributed by atoms with Crippen molar-refractivity contribution in [3.63, 3.8) is 0 Å². The minimum Gasteiger partial charge on any atom is -0.550 e. The summed E-state index contributed by atoms with van der Waals surface area (Å²) in [6.45, 7) is 4.53. The van der Waals surface area contributed by atoms with Crippen molar-refractivity contribution in [3.05, 3.63) is 0 Å². The molecule has 0 saturated heterocycles. The predicted octanol–water partition coefficient (Wildman–Crippen LogP) is 10.8. The van der Waals surface area contributed by atoms with Gasteiger partial charge in [0.15, 0.2) is 0 Å². The van der Waals surface area contributed by atoms with Crippen LogP contribution in [0.25, 0.3) is 0 Å². The first-order valence-corrected chi connectivity index (χ1v) is 20.3. The van der Waals surface area contributed by atoms with E-state index >= 15 is 0 Å². The number of unbranched alkanes of at least 4 members (excludes halogenated alkanes) is 28. The van der Waals surface area contributed by atoms with Gasteiger partial charge in [0.1, 0.15) is 4.32 Å². The maximum absolute atomic E-state index is 10.2. The Morgan fingerprint density at radius 3 is 0.723 bits per heavy atom. The summed E-state index contributed by atoms with van der Waals surface area (Å²) in [7, 11) is 3.71. The minimum absolute atomic E-state index is 0. The molecule has 0 atom stereocenters. The third-order valence-electron chi connectivity index (χ3n) is 8.35. The van der Waals surface area contributed by atoms with Gasteiger partial charge in [0.05, 0.1) is 0 Å². The minimum atomic E-state index is -0.903. The first-order valence-electron chi connectivity index (χ1n) is 19.5. The second kappa shape index (κ2) is 47.9. The van der Waals surface area contributed by atoms with Crippen molar-refractivity contribution < 1.29 is 39.3 Å². The Kier molecular flexibility index (Phi) is 54.6. The van der Waals surface area contributed by atoms with Crippen LogP contribution >= 0.6 is 24.8 Å². The summed E-state index contributed by atoms with van der Waals surface area (Å²) >= 11 is 8.46. The normalized spacial score (nSPS) is 10.2. The number of hydrogen-bond donors (Lipinski definition) is 1. The smallest absolute Gasteiger partial charge is 0.550 e. The van der Waals surface area contributed by atoms with E-state index in [4.69, 9.17) is 0 Å². The van der Waals surface area contributed by atoms with Crippen molar-refractivity contribution in [2.45, 2.75) is 219 Å². The average Bonchev–Trinajstić information content (AvgIpc) is 3.01. The molecule has 0 heterocycles. The number of carboxylic acids is 2. The van der Waals surface area contributed by atoms with E-state index in [1.165, 1.54) is 167 Å². The van der Waals surface area contributed by atoms with Gasteiger partial charge in [0, 0.05) is 26.0 Å². The number of thiocarbonyl (C=S) groups is 1. The van der Waals surface area contributed by atoms with Crippen LogP contribution in [-0.2, 0) is 29.1 Å². The monoisotopic (exact) mass is 751 g/mol. The molecule has 0 aliphatic heterocycles. The second-order valence-corrected chi connectivity index (χ2v) is 14.4. The molecule has 0 fully saturated rings. The van der Waals surface area contributed by atoms with E-state index in [0.29, 0.717) is 4.32 Å². The van der Waals surface area contributed by atoms with Crippen LogP contribution in [0.5, 0.6) is 0 Å². The van der Waals surface area contributed by atoms with Gasteiger partial charge >= 0.3 is 19.5 Å². The number of thiol groups is 1. The first-order chi connectivity index (χ1) is 22.2. The number of nitrogens with zero attached hydrogens (tertiary/aromatic N) is 1. The molecular formula is C39H77NO4S2Zn. The van der Waals surface area contributed by atoms with Gasteiger partial charge in [-0.15, -0.1) is 12.6 Å². The van der Waals surface area contributed by atoms with Gasteiger partial charge in [0.25, 0.3) is 0 Å². The van der Waals surface area contributed by atoms with Gasteiger partial charge in [-0.25, -0.2) is 0 Å². The van der Waals surface area contributed by atoms with Crippen molar-refractivity contribution in [2.75, 3.05) is 14.1 Å². The van der Waals surface area contributed by atoms with Crippen molar-refractivity contribution in [1.29, 1.82) is 0 Å². The first kappa shape index (κ1) is 53.6. The molecule has 5 nitrogen and oxygen atoms in total. The largest absolute Gasteiger partial charge is 2.00 e. The maximum atomic E-state index is 10.2. The van der Waals surface area contributed by atoms with Crippen LogP contribution in [0.4, 0.5) is 0 Å². The quantitative estimate of drug-likeness (QED) is 0.0319. The van der Waals surface area contributed by atoms with Crippen LogP contribution in [-0.4, -0.2) is 35.3 Å². The second-order valence-electron chi connectivity index (χ2n) is 13.3. The van der Waals surface area contributed by atoms with Gasteiger partial charge in [0.2, 0.25) is 0 Å². The number of rotatable bonds is 32. The molecule has 276 valence electrons. The van der Waals surface area contributed by atoms with Crippen molar-refractivity contribution in [2.24, 2.45) is 0 Å². The van der Waals surface area contributed by atoms with Crippen LogP contribution in [0.2, 0.25) is 0 Å². The number of carbonyl (C=O) groups excluding carboxylic acids is 2. The SMILES string of the molecule is CCCCCCCCCCCCCCCCCC(=O)[O-].CCCCCCCCCCCCCCCCCC(=O)[O-].CN(C)C(=S)S.[Zn+2]. The molecule has 0 amide bonds. The number of aliphatic carboxylic acids is 2. The van der Waals surface area contributed by atoms with Crippen molar-refractivity contribution in [3.8, 4) is 0 Å². The van der Waals surface area contributed by atoms with E-state index in [9.17, 15) is 19.8 Å². The molecule has 0 bridgehead atoms. The molecule has 0 aliphatic rings. The Balaban J connectivity index is -0.000000329. The van der Waals surface area contributed by atoms with Crippen LogP contribution in [0.1, 0.15) is 219 Å². The number of carboxylic acid groups (broad SMARTS) is 2. The maximum Gasteiger partial charge on any atom is 2.00 e. The molecular weight excluding hydrogens is 676 g/mol. The molecule has 0 unspecified atom stereocenters. The van der Waals surface area contributed by atoms with Crippen LogP contribution in [0, 0.1) is 0 Å². The Labute approximate surface area is 317 Å². The third-order valence-corrected chi connectivity index (χ3v) is 9.12. The van der Waals surface area contributed by atoms with E-state index in [1.807, 2.05) is 14.1 Å². The summed E-state index contributed by atoms with van der Waals surface area (Å²) in [6, 6.07) is 0. The molecule has 0 saturated carbocycles. The fourth-order valence-electron chi connectivity index (χ4n) is 5.28. The third kappa shape index (κ3) is 61.5. The fraction of sp³-hybridized carbons (Fsp3) is 0.923. The topological polar surface area (TPSA) is 83.5 Å². The molecule has 0 radical (unpaired) electrons. The molecule has 8 heteroatoms. The number of hydrogen-bond acceptors (Lipinski definition) is 5. The molecule has 0 aliphatic carbocycles. The van der Waals surface area contributed by atoms with E-state index in [-0.39, 0.29) is 32.3 Å². The van der Waals surface area contributed by atoms with E-state index in [1.54, 1.807) is 4.90 Å². The van der Waals surface area contributed by atoms with E-state index in [0.717, 1.165) is 25.7 Å². The van der Waals surface area contributed by atoms with Crippen molar-refractivity contribution in [1.82, 2.24) is 4.90 Å². The predicted molar refractivity (Wildman–Crippen MR) is 204 cm³/mol. The number of carbonyl (C=O) groups is 2. The van der Waals surface area contributed by atoms with Crippen LogP contribution < -0.4 is 10.2 Å². The summed E-state index contributed by atoms with van der Waals surface area (Å²) in [5.74, 6) is -1.81. The van der Waals surface area contributed by atoms with Gasteiger partial charge in [-0.3, -0.25) is 0 Å². The summed E-state index contributed by atoms with van der Waals surface area (Å²) in [6.07, 6.45) is 39.7. The van der Waals surface area contributed by atoms with Gasteiger partial charge in [-0.1, -0.05) is 206 Å². The Bertz CT molecular complexity index is 594. The molecule has 0 rings (SSSR count). The van der Waals surface area contributed by atoms with Gasteiger partial charge < -0.3 is 24.7 Å². The fourth-order valence-corrected chi connectivity index (χ4v) is 5.28. The molecule has 0 aromatic carbocycles. The van der Waals surface area contributed by atoms with Crippen LogP contribution in [0.3, 0.4) is 0 Å². The molecule has 47 heavy (non-hydrogen) atoms. The standard InChI is InChI=1S/2C18H36O2.C3H7NS2.Zn/c2*1-2-3-4-5-6-7-8-9-10-11-12-13-14-15-16-17-18(19)20;1-4(2)3(5)6;/h2*2-17H2,1H3,(H,19,20);1-2H3,(H,5,6);/q;;;+2/p-2. The Hall–Kier alpha value is -0.197. The van der Waals surface area contributed by atoms with E-state index < -0.39 is 11.9 Å². The molecule has 0 N–H and O–H groups in total. The Morgan fingerprint density at radius 1 is 0.447 bits per heavy atom. The summed E-state index contributed by atoms with van der Waals surface area (Å²) in [5, 5.41) is 20.4. The van der Waals surface area contributed by atoms with Crippen LogP contribution in [0.15, 0.2) is 0 Å². The summed E-state index contributed by atoms with van der Waals surface area (Å²) in [5.41, 5.74) is 0. The van der Waals surface area contributed by atoms with Gasteiger partial charge in [-0.05, 0) is 25.7 Å². The van der Waals surface area contributed by atoms with E-state index in [2.05, 4.69) is 38.7 Å². The zero-order chi connectivity index (χ0) is 34.9. The zero-order valence-electron chi connectivity index (χ0n) is 31.8. The molecule has 0 spiro atoms. The summed E-state index contributed by atoms with van der Waals surface area (Å²) < 4.78 is 0.620. The molecule has 0 aromatic heterocycles. The van der Waals surface area contributed by atoms with Crippen molar-refractivity contribution >= 4 is 41.1 Å². The molecule has 0 aromatic rings.